The third-order valence-corrected chi connectivity index (χ3v) is 4.09. The van der Waals surface area contributed by atoms with Gasteiger partial charge < -0.3 is 14.2 Å². The van der Waals surface area contributed by atoms with Crippen LogP contribution in [-0.4, -0.2) is 27.1 Å². The van der Waals surface area contributed by atoms with Gasteiger partial charge in [-0.1, -0.05) is 29.3 Å². The van der Waals surface area contributed by atoms with Gasteiger partial charge in [0, 0.05) is 0 Å². The monoisotopic (exact) mass is 384 g/mol. The van der Waals surface area contributed by atoms with E-state index in [1.165, 1.54) is 39.5 Å². The van der Waals surface area contributed by atoms with Crippen molar-refractivity contribution in [2.24, 2.45) is 0 Å². The molecule has 0 heterocycles. The van der Waals surface area contributed by atoms with Crippen molar-refractivity contribution in [2.75, 3.05) is 21.3 Å². The lowest BCUT2D eigenvalue weighted by atomic mass is 10.1. The average Bonchev–Trinajstić information content (AvgIpc) is 2.62. The molecule has 0 bridgehead atoms. The first-order valence-corrected chi connectivity index (χ1v) is 7.84. The van der Waals surface area contributed by atoms with Crippen molar-refractivity contribution in [3.63, 3.8) is 0 Å². The average molecular weight is 385 g/mol. The van der Waals surface area contributed by atoms with Crippen LogP contribution in [0.2, 0.25) is 10.0 Å². The van der Waals surface area contributed by atoms with Crippen LogP contribution >= 0.6 is 23.2 Å². The van der Waals surface area contributed by atoms with E-state index in [1.54, 1.807) is 12.1 Å². The van der Waals surface area contributed by atoms with Gasteiger partial charge in [0.25, 0.3) is 0 Å². The molecule has 0 spiro atoms. The Labute approximate surface area is 154 Å². The van der Waals surface area contributed by atoms with Crippen LogP contribution in [0.5, 0.6) is 17.2 Å². The minimum absolute atomic E-state index is 0.0749. The molecule has 0 amide bonds. The Kier molecular flexibility index (Phi) is 6.28. The largest absolute Gasteiger partial charge is 0.493 e. The summed E-state index contributed by atoms with van der Waals surface area (Å²) in [6.45, 7) is 0. The molecule has 0 saturated heterocycles. The highest BCUT2D eigenvalue weighted by molar-refractivity contribution is 6.40. The maximum Gasteiger partial charge on any atom is 0.203 e. The summed E-state index contributed by atoms with van der Waals surface area (Å²) >= 11 is 11.8. The molecule has 2 aromatic rings. The Balaban J connectivity index is 2.40. The molecule has 4 nitrogen and oxygen atoms in total. The third-order valence-electron chi connectivity index (χ3n) is 3.40. The zero-order valence-corrected chi connectivity index (χ0v) is 15.2. The number of rotatable bonds is 6. The number of carbonyl (C=O) groups excluding carboxylic acids is 1. The summed E-state index contributed by atoms with van der Waals surface area (Å²) in [7, 11) is 4.47. The smallest absolute Gasteiger partial charge is 0.203 e. The van der Waals surface area contributed by atoms with Gasteiger partial charge in [0.15, 0.2) is 17.3 Å². The number of allylic oxidation sites excluding steroid dienone is 1. The van der Waals surface area contributed by atoms with Crippen LogP contribution < -0.4 is 14.2 Å². The molecular weight excluding hydrogens is 370 g/mol. The van der Waals surface area contributed by atoms with Crippen LogP contribution in [-0.2, 0) is 0 Å². The topological polar surface area (TPSA) is 44.8 Å². The zero-order chi connectivity index (χ0) is 18.6. The van der Waals surface area contributed by atoms with E-state index in [0.717, 1.165) is 6.07 Å². The zero-order valence-electron chi connectivity index (χ0n) is 13.7. The Morgan fingerprint density at radius 3 is 2.16 bits per heavy atom. The first-order valence-electron chi connectivity index (χ1n) is 7.08. The summed E-state index contributed by atoms with van der Waals surface area (Å²) < 4.78 is 29.3. The third kappa shape index (κ3) is 4.06. The first-order chi connectivity index (χ1) is 11.9. The molecule has 7 heteroatoms. The maximum absolute atomic E-state index is 13.5. The minimum atomic E-state index is -0.712. The van der Waals surface area contributed by atoms with Crippen molar-refractivity contribution in [1.82, 2.24) is 0 Å². The normalized spacial score (nSPS) is 10.8. The summed E-state index contributed by atoms with van der Waals surface area (Å²) in [6.07, 6.45) is 2.76. The molecule has 0 unspecified atom stereocenters. The van der Waals surface area contributed by atoms with Crippen LogP contribution in [0.15, 0.2) is 30.3 Å². The van der Waals surface area contributed by atoms with Crippen molar-refractivity contribution in [2.45, 2.75) is 0 Å². The second-order valence-electron chi connectivity index (χ2n) is 4.87. The lowest BCUT2D eigenvalue weighted by Gasteiger charge is -2.12. The Morgan fingerprint density at radius 1 is 1.04 bits per heavy atom. The van der Waals surface area contributed by atoms with E-state index < -0.39 is 11.6 Å². The molecule has 0 aliphatic rings. The molecule has 2 aromatic carbocycles. The molecule has 25 heavy (non-hydrogen) atoms. The van der Waals surface area contributed by atoms with Gasteiger partial charge in [-0.3, -0.25) is 4.79 Å². The van der Waals surface area contributed by atoms with E-state index in [2.05, 4.69) is 0 Å². The molecule has 2 rings (SSSR count). The fourth-order valence-corrected chi connectivity index (χ4v) is 2.76. The summed E-state index contributed by atoms with van der Waals surface area (Å²) in [5, 5.41) is -0.238. The van der Waals surface area contributed by atoms with Crippen molar-refractivity contribution in [3.8, 4) is 17.2 Å². The second-order valence-corrected chi connectivity index (χ2v) is 5.66. The number of halogens is 3. The molecule has 0 aliphatic heterocycles. The predicted octanol–water partition coefficient (Wildman–Crippen LogP) is 5.05. The Hall–Kier alpha value is -2.24. The lowest BCUT2D eigenvalue weighted by molar-refractivity contribution is 0.104. The van der Waals surface area contributed by atoms with Gasteiger partial charge in [0.2, 0.25) is 5.75 Å². The highest BCUT2D eigenvalue weighted by Gasteiger charge is 2.16. The van der Waals surface area contributed by atoms with Crippen LogP contribution in [0.3, 0.4) is 0 Å². The molecule has 0 fully saturated rings. The summed E-state index contributed by atoms with van der Waals surface area (Å²) in [5.41, 5.74) is 0.526. The van der Waals surface area contributed by atoms with Crippen LogP contribution in [0.4, 0.5) is 4.39 Å². The summed E-state index contributed by atoms with van der Waals surface area (Å²) in [5.74, 6) is 0.0788. The van der Waals surface area contributed by atoms with Crippen molar-refractivity contribution >= 4 is 35.1 Å². The molecule has 0 N–H and O–H groups in total. The fraction of sp³-hybridized carbons (Fsp3) is 0.167. The van der Waals surface area contributed by atoms with Crippen molar-refractivity contribution in [1.29, 1.82) is 0 Å². The number of carbonyl (C=O) groups is 1. The highest BCUT2D eigenvalue weighted by Crippen LogP contribution is 2.38. The quantitative estimate of drug-likeness (QED) is 0.396. The van der Waals surface area contributed by atoms with Crippen LogP contribution in [0, 0.1) is 5.82 Å². The lowest BCUT2D eigenvalue weighted by Crippen LogP contribution is -1.99. The van der Waals surface area contributed by atoms with E-state index in [4.69, 9.17) is 37.4 Å². The molecule has 132 valence electrons. The molecule has 0 aromatic heterocycles. The minimum Gasteiger partial charge on any atom is -0.493 e. The molecular formula is C18H15Cl2FO4. The number of benzene rings is 2. The molecule has 0 radical (unpaired) electrons. The standard InChI is InChI=1S/C18H15Cl2FO4/c1-23-14-8-10(9-15(24-2)18(14)25-3)4-7-13(22)16-11(19)5-6-12(21)17(16)20/h4-9H,1-3H3/b7-4+. The van der Waals surface area contributed by atoms with Crippen LogP contribution in [0.25, 0.3) is 6.08 Å². The van der Waals surface area contributed by atoms with E-state index >= 15 is 0 Å². The van der Waals surface area contributed by atoms with Gasteiger partial charge in [0.1, 0.15) is 5.82 Å². The predicted molar refractivity (Wildman–Crippen MR) is 95.9 cm³/mol. The fourth-order valence-electron chi connectivity index (χ4n) is 2.21. The number of methoxy groups -OCH3 is 3. The SMILES string of the molecule is COc1cc(/C=C/C(=O)c2c(Cl)ccc(F)c2Cl)cc(OC)c1OC. The summed E-state index contributed by atoms with van der Waals surface area (Å²) in [6, 6.07) is 5.72. The van der Waals surface area contributed by atoms with Gasteiger partial charge in [-0.15, -0.1) is 0 Å². The maximum atomic E-state index is 13.5. The van der Waals surface area contributed by atoms with E-state index in [-0.39, 0.29) is 15.6 Å². The molecule has 0 aliphatic carbocycles. The van der Waals surface area contributed by atoms with Gasteiger partial charge in [-0.2, -0.15) is 0 Å². The first kappa shape index (κ1) is 19.1. The van der Waals surface area contributed by atoms with E-state index in [9.17, 15) is 9.18 Å². The van der Waals surface area contributed by atoms with Crippen LogP contribution in [0.1, 0.15) is 15.9 Å². The van der Waals surface area contributed by atoms with Crippen molar-refractivity contribution in [3.05, 3.63) is 57.3 Å². The number of ketones is 1. The van der Waals surface area contributed by atoms with Gasteiger partial charge in [-0.25, -0.2) is 4.39 Å². The number of hydrogen-bond donors (Lipinski definition) is 0. The molecule has 0 atom stereocenters. The summed E-state index contributed by atoms with van der Waals surface area (Å²) in [4.78, 5) is 12.3. The Morgan fingerprint density at radius 2 is 1.64 bits per heavy atom. The van der Waals surface area contributed by atoms with E-state index in [0.29, 0.717) is 22.8 Å². The molecule has 0 saturated carbocycles. The van der Waals surface area contributed by atoms with Gasteiger partial charge >= 0.3 is 0 Å². The van der Waals surface area contributed by atoms with Gasteiger partial charge in [-0.05, 0) is 35.9 Å². The highest BCUT2D eigenvalue weighted by atomic mass is 35.5. The van der Waals surface area contributed by atoms with Gasteiger partial charge in [0.05, 0.1) is 36.9 Å². The van der Waals surface area contributed by atoms with E-state index in [1.807, 2.05) is 0 Å². The second kappa shape index (κ2) is 8.23. The van der Waals surface area contributed by atoms with Crippen molar-refractivity contribution < 1.29 is 23.4 Å². The number of hydrogen-bond acceptors (Lipinski definition) is 4. The number of ether oxygens (including phenoxy) is 3. The Bertz CT molecular complexity index is 809.